The van der Waals surface area contributed by atoms with E-state index in [9.17, 15) is 9.59 Å². The number of carbonyl (C=O) groups excluding carboxylic acids is 1. The second kappa shape index (κ2) is 11.1. The van der Waals surface area contributed by atoms with Crippen LogP contribution in [0.25, 0.3) is 11.0 Å². The van der Waals surface area contributed by atoms with E-state index in [1.54, 1.807) is 29.2 Å². The van der Waals surface area contributed by atoms with E-state index in [-0.39, 0.29) is 17.1 Å². The molecule has 0 aliphatic carbocycles. The Labute approximate surface area is 232 Å². The standard InChI is InChI=1S/C34H29NO5/c1-2-38-29-21-25(17-18-28(29)39-22-24-13-7-4-8-14-24)31-30-32(36)26-15-9-10-16-27(26)40-33(30)34(37)35(31)20-19-23-11-5-3-6-12-23/h3-18,21,31H,2,19-20,22H2,1H3. The molecular formula is C34H29NO5. The number of rotatable bonds is 9. The predicted molar refractivity (Wildman–Crippen MR) is 154 cm³/mol. The van der Waals surface area contributed by atoms with Crippen molar-refractivity contribution in [2.75, 3.05) is 13.2 Å². The van der Waals surface area contributed by atoms with Crippen LogP contribution in [0.15, 0.2) is 112 Å². The Balaban J connectivity index is 1.41. The molecule has 0 spiro atoms. The monoisotopic (exact) mass is 531 g/mol. The van der Waals surface area contributed by atoms with Crippen molar-refractivity contribution in [3.05, 3.63) is 141 Å². The number of hydrogen-bond donors (Lipinski definition) is 0. The van der Waals surface area contributed by atoms with Crippen molar-refractivity contribution in [3.63, 3.8) is 0 Å². The molecule has 0 saturated carbocycles. The van der Waals surface area contributed by atoms with Crippen molar-refractivity contribution in [1.82, 2.24) is 4.90 Å². The maximum absolute atomic E-state index is 13.8. The van der Waals surface area contributed by atoms with Gasteiger partial charge in [0.25, 0.3) is 5.91 Å². The zero-order valence-electron chi connectivity index (χ0n) is 22.2. The number of fused-ring (bicyclic) bond motifs is 2. The number of amides is 1. The van der Waals surface area contributed by atoms with Gasteiger partial charge in [0, 0.05) is 6.54 Å². The van der Waals surface area contributed by atoms with E-state index in [1.807, 2.05) is 85.8 Å². The average Bonchev–Trinajstić information content (AvgIpc) is 3.28. The first-order chi connectivity index (χ1) is 19.6. The van der Waals surface area contributed by atoms with Gasteiger partial charge in [0.2, 0.25) is 5.76 Å². The Morgan fingerprint density at radius 3 is 2.23 bits per heavy atom. The molecule has 0 saturated heterocycles. The molecule has 40 heavy (non-hydrogen) atoms. The van der Waals surface area contributed by atoms with Crippen LogP contribution in [0, 0.1) is 0 Å². The van der Waals surface area contributed by atoms with Crippen LogP contribution >= 0.6 is 0 Å². The number of benzene rings is 4. The van der Waals surface area contributed by atoms with Crippen LogP contribution in [0.3, 0.4) is 0 Å². The molecule has 1 aromatic heterocycles. The molecule has 1 aliphatic rings. The van der Waals surface area contributed by atoms with Gasteiger partial charge in [0.15, 0.2) is 16.9 Å². The molecule has 1 amide bonds. The lowest BCUT2D eigenvalue weighted by atomic mass is 9.97. The van der Waals surface area contributed by atoms with Crippen molar-refractivity contribution < 1.29 is 18.7 Å². The van der Waals surface area contributed by atoms with Gasteiger partial charge in [-0.3, -0.25) is 9.59 Å². The number of para-hydroxylation sites is 1. The van der Waals surface area contributed by atoms with Crippen molar-refractivity contribution in [1.29, 1.82) is 0 Å². The Kier molecular flexibility index (Phi) is 7.06. The van der Waals surface area contributed by atoms with Gasteiger partial charge in [-0.2, -0.15) is 0 Å². The minimum absolute atomic E-state index is 0.101. The lowest BCUT2D eigenvalue weighted by Gasteiger charge is -2.26. The van der Waals surface area contributed by atoms with E-state index in [2.05, 4.69) is 0 Å². The number of nitrogens with zero attached hydrogens (tertiary/aromatic N) is 1. The fraction of sp³-hybridized carbons (Fsp3) is 0.176. The molecule has 0 N–H and O–H groups in total. The fourth-order valence-electron chi connectivity index (χ4n) is 5.26. The van der Waals surface area contributed by atoms with Gasteiger partial charge < -0.3 is 18.8 Å². The van der Waals surface area contributed by atoms with Gasteiger partial charge >= 0.3 is 0 Å². The Bertz CT molecular complexity index is 1710. The minimum Gasteiger partial charge on any atom is -0.490 e. The summed E-state index contributed by atoms with van der Waals surface area (Å²) >= 11 is 0. The zero-order chi connectivity index (χ0) is 27.5. The van der Waals surface area contributed by atoms with E-state index in [4.69, 9.17) is 13.9 Å². The van der Waals surface area contributed by atoms with Gasteiger partial charge in [0.1, 0.15) is 12.2 Å². The van der Waals surface area contributed by atoms with Gasteiger partial charge in [-0.05, 0) is 54.3 Å². The Morgan fingerprint density at radius 1 is 0.775 bits per heavy atom. The summed E-state index contributed by atoms with van der Waals surface area (Å²) in [6, 6.07) is 32.0. The molecule has 0 bridgehead atoms. The van der Waals surface area contributed by atoms with Crippen molar-refractivity contribution >= 4 is 16.9 Å². The van der Waals surface area contributed by atoms with Crippen LogP contribution in [0.4, 0.5) is 0 Å². The predicted octanol–water partition coefficient (Wildman–Crippen LogP) is 6.56. The van der Waals surface area contributed by atoms with E-state index in [0.29, 0.717) is 54.2 Å². The largest absolute Gasteiger partial charge is 0.490 e. The van der Waals surface area contributed by atoms with Crippen molar-refractivity contribution in [2.24, 2.45) is 0 Å². The van der Waals surface area contributed by atoms with Crippen LogP contribution in [0.2, 0.25) is 0 Å². The van der Waals surface area contributed by atoms with Crippen LogP contribution in [-0.4, -0.2) is 24.0 Å². The summed E-state index contributed by atoms with van der Waals surface area (Å²) < 4.78 is 18.2. The molecule has 6 heteroatoms. The van der Waals surface area contributed by atoms with Gasteiger partial charge in [0.05, 0.1) is 23.6 Å². The normalized spacial score (nSPS) is 14.4. The van der Waals surface area contributed by atoms with Crippen molar-refractivity contribution in [3.8, 4) is 11.5 Å². The quantitative estimate of drug-likeness (QED) is 0.216. The van der Waals surface area contributed by atoms with Gasteiger partial charge in [-0.15, -0.1) is 0 Å². The maximum Gasteiger partial charge on any atom is 0.290 e. The molecule has 0 radical (unpaired) electrons. The first-order valence-corrected chi connectivity index (χ1v) is 13.5. The molecule has 5 aromatic rings. The molecule has 6 nitrogen and oxygen atoms in total. The first-order valence-electron chi connectivity index (χ1n) is 13.5. The molecule has 1 atom stereocenters. The Morgan fingerprint density at radius 2 is 1.48 bits per heavy atom. The number of carbonyl (C=O) groups is 1. The summed E-state index contributed by atoms with van der Waals surface area (Å²) in [5, 5.41) is 0.455. The van der Waals surface area contributed by atoms with E-state index in [0.717, 1.165) is 16.7 Å². The summed E-state index contributed by atoms with van der Waals surface area (Å²) in [6.07, 6.45) is 0.640. The van der Waals surface area contributed by atoms with Crippen molar-refractivity contribution in [2.45, 2.75) is 26.0 Å². The first kappa shape index (κ1) is 25.4. The third kappa shape index (κ3) is 4.84. The molecule has 200 valence electrons. The zero-order valence-corrected chi connectivity index (χ0v) is 22.2. The second-order valence-corrected chi connectivity index (χ2v) is 9.72. The maximum atomic E-state index is 13.8. The molecule has 1 unspecified atom stereocenters. The van der Waals surface area contributed by atoms with E-state index in [1.165, 1.54) is 0 Å². The van der Waals surface area contributed by atoms with Crippen LogP contribution in [0.5, 0.6) is 11.5 Å². The number of ether oxygens (including phenoxy) is 2. The van der Waals surface area contributed by atoms with Gasteiger partial charge in [-0.25, -0.2) is 0 Å². The molecule has 2 heterocycles. The summed E-state index contributed by atoms with van der Waals surface area (Å²) in [5.74, 6) is 0.968. The lowest BCUT2D eigenvalue weighted by molar-refractivity contribution is 0.0729. The highest BCUT2D eigenvalue weighted by atomic mass is 16.5. The topological polar surface area (TPSA) is 69.0 Å². The third-order valence-corrected chi connectivity index (χ3v) is 7.18. The number of hydrogen-bond acceptors (Lipinski definition) is 5. The van der Waals surface area contributed by atoms with E-state index >= 15 is 0 Å². The van der Waals surface area contributed by atoms with E-state index < -0.39 is 6.04 Å². The molecule has 0 fully saturated rings. The third-order valence-electron chi connectivity index (χ3n) is 7.18. The highest BCUT2D eigenvalue weighted by Gasteiger charge is 2.42. The van der Waals surface area contributed by atoms with Crippen LogP contribution in [0.1, 0.15) is 45.8 Å². The minimum atomic E-state index is -0.616. The highest BCUT2D eigenvalue weighted by molar-refractivity contribution is 5.99. The fourth-order valence-corrected chi connectivity index (χ4v) is 5.26. The molecule has 1 aliphatic heterocycles. The SMILES string of the molecule is CCOc1cc(C2c3c(oc4ccccc4c3=O)C(=O)N2CCc2ccccc2)ccc1OCc1ccccc1. The molecule has 4 aromatic carbocycles. The van der Waals surface area contributed by atoms with Gasteiger partial charge in [-0.1, -0.05) is 78.9 Å². The summed E-state index contributed by atoms with van der Waals surface area (Å²) in [6.45, 7) is 3.16. The summed E-state index contributed by atoms with van der Waals surface area (Å²) in [7, 11) is 0. The smallest absolute Gasteiger partial charge is 0.290 e. The highest BCUT2D eigenvalue weighted by Crippen LogP contribution is 2.41. The lowest BCUT2D eigenvalue weighted by Crippen LogP contribution is -2.31. The second-order valence-electron chi connectivity index (χ2n) is 9.72. The molecule has 6 rings (SSSR count). The van der Waals surface area contributed by atoms with Crippen LogP contribution in [-0.2, 0) is 13.0 Å². The Hall–Kier alpha value is -4.84. The summed E-state index contributed by atoms with van der Waals surface area (Å²) in [4.78, 5) is 29.3. The van der Waals surface area contributed by atoms with Crippen LogP contribution < -0.4 is 14.9 Å². The molecular weight excluding hydrogens is 502 g/mol. The summed E-state index contributed by atoms with van der Waals surface area (Å²) in [5.41, 5.74) is 3.48. The average molecular weight is 532 g/mol.